The van der Waals surface area contributed by atoms with E-state index in [1.807, 2.05) is 26.1 Å². The first-order chi connectivity index (χ1) is 9.10. The predicted octanol–water partition coefficient (Wildman–Crippen LogP) is 3.07. The molecular formula is C14H18Cl3N3O. The van der Waals surface area contributed by atoms with Gasteiger partial charge in [0.2, 0.25) is 0 Å². The third-order valence-corrected chi connectivity index (χ3v) is 3.18. The fourth-order valence-electron chi connectivity index (χ4n) is 1.66. The van der Waals surface area contributed by atoms with Crippen molar-refractivity contribution in [2.75, 3.05) is 13.6 Å². The summed E-state index contributed by atoms with van der Waals surface area (Å²) >= 11 is 5.92. The number of carbonyl (C=O) groups is 1. The highest BCUT2D eigenvalue weighted by molar-refractivity contribution is 6.31. The quantitative estimate of drug-likeness (QED) is 0.891. The zero-order valence-electron chi connectivity index (χ0n) is 11.7. The van der Waals surface area contributed by atoms with Crippen molar-refractivity contribution in [3.8, 4) is 0 Å². The van der Waals surface area contributed by atoms with E-state index in [1.54, 1.807) is 18.2 Å². The number of fused-ring (bicyclic) bond motifs is 1. The number of amides is 1. The maximum atomic E-state index is 12.0. The average molecular weight is 351 g/mol. The van der Waals surface area contributed by atoms with Crippen molar-refractivity contribution in [2.45, 2.75) is 13.0 Å². The summed E-state index contributed by atoms with van der Waals surface area (Å²) in [5, 5.41) is 7.46. The molecule has 1 aromatic carbocycles. The molecule has 0 aliphatic rings. The molecule has 1 aromatic heterocycles. The number of pyridine rings is 1. The van der Waals surface area contributed by atoms with Gasteiger partial charge in [0.15, 0.2) is 0 Å². The minimum absolute atomic E-state index is 0. The summed E-state index contributed by atoms with van der Waals surface area (Å²) in [6.45, 7) is 2.55. The molecule has 1 unspecified atom stereocenters. The van der Waals surface area contributed by atoms with Crippen LogP contribution in [0.4, 0.5) is 0 Å². The zero-order chi connectivity index (χ0) is 13.8. The Kier molecular flexibility index (Phi) is 8.59. The predicted molar refractivity (Wildman–Crippen MR) is 92.1 cm³/mol. The van der Waals surface area contributed by atoms with Gasteiger partial charge in [0.1, 0.15) is 5.69 Å². The van der Waals surface area contributed by atoms with E-state index in [2.05, 4.69) is 15.6 Å². The van der Waals surface area contributed by atoms with Gasteiger partial charge in [-0.2, -0.15) is 0 Å². The maximum Gasteiger partial charge on any atom is 0.269 e. The van der Waals surface area contributed by atoms with E-state index in [0.717, 1.165) is 10.9 Å². The highest BCUT2D eigenvalue weighted by Crippen LogP contribution is 2.17. The maximum absolute atomic E-state index is 12.0. The lowest BCUT2D eigenvalue weighted by molar-refractivity contribution is 0.0946. The molecule has 0 fully saturated rings. The van der Waals surface area contributed by atoms with Crippen molar-refractivity contribution in [3.63, 3.8) is 0 Å². The number of nitrogens with one attached hydrogen (secondary N) is 2. The second-order valence-corrected chi connectivity index (χ2v) is 4.87. The highest BCUT2D eigenvalue weighted by Gasteiger charge is 2.09. The average Bonchev–Trinajstić information content (AvgIpc) is 2.43. The monoisotopic (exact) mass is 349 g/mol. The number of hydrogen-bond acceptors (Lipinski definition) is 3. The fourth-order valence-corrected chi connectivity index (χ4v) is 1.82. The van der Waals surface area contributed by atoms with Crippen LogP contribution in [0.15, 0.2) is 30.3 Å². The molecule has 0 saturated heterocycles. The normalized spacial score (nSPS) is 11.2. The number of aromatic nitrogens is 1. The van der Waals surface area contributed by atoms with Crippen LogP contribution in [-0.4, -0.2) is 30.5 Å². The molecule has 0 aliphatic heterocycles. The molecule has 4 nitrogen and oxygen atoms in total. The van der Waals surface area contributed by atoms with Gasteiger partial charge in [0.05, 0.1) is 5.52 Å². The van der Waals surface area contributed by atoms with Crippen molar-refractivity contribution in [1.82, 2.24) is 15.6 Å². The van der Waals surface area contributed by atoms with Gasteiger partial charge < -0.3 is 10.6 Å². The Morgan fingerprint density at radius 3 is 2.62 bits per heavy atom. The molecule has 1 atom stereocenters. The Morgan fingerprint density at radius 1 is 1.29 bits per heavy atom. The molecule has 21 heavy (non-hydrogen) atoms. The lowest BCUT2D eigenvalue weighted by atomic mass is 10.2. The van der Waals surface area contributed by atoms with Crippen molar-refractivity contribution in [2.24, 2.45) is 0 Å². The van der Waals surface area contributed by atoms with Crippen molar-refractivity contribution in [3.05, 3.63) is 41.0 Å². The smallest absolute Gasteiger partial charge is 0.269 e. The van der Waals surface area contributed by atoms with Crippen molar-refractivity contribution in [1.29, 1.82) is 0 Å². The minimum atomic E-state index is -0.177. The highest BCUT2D eigenvalue weighted by atomic mass is 35.5. The Bertz CT molecular complexity index is 607. The first-order valence-electron chi connectivity index (χ1n) is 6.12. The van der Waals surface area contributed by atoms with Gasteiger partial charge in [-0.15, -0.1) is 24.8 Å². The van der Waals surface area contributed by atoms with Crippen LogP contribution < -0.4 is 10.6 Å². The van der Waals surface area contributed by atoms with Crippen LogP contribution in [0, 0.1) is 0 Å². The topological polar surface area (TPSA) is 54.0 Å². The minimum Gasteiger partial charge on any atom is -0.349 e. The Hall–Kier alpha value is -1.07. The van der Waals surface area contributed by atoms with Crippen LogP contribution in [0.3, 0.4) is 0 Å². The first kappa shape index (κ1) is 19.9. The molecule has 0 bridgehead atoms. The first-order valence-corrected chi connectivity index (χ1v) is 6.49. The number of hydrogen-bond donors (Lipinski definition) is 2. The molecule has 7 heteroatoms. The molecule has 1 amide bonds. The van der Waals surface area contributed by atoms with E-state index in [1.165, 1.54) is 0 Å². The van der Waals surface area contributed by atoms with Crippen molar-refractivity contribution >= 4 is 53.2 Å². The molecule has 0 saturated carbocycles. The summed E-state index contributed by atoms with van der Waals surface area (Å²) in [5.41, 5.74) is 1.12. The Labute approximate surface area is 141 Å². The standard InChI is InChI=1S/C14H16ClN3O.2ClH/c1-9(16-2)8-17-14(19)12-6-4-10-3-5-11(15)7-13(10)18-12;;/h3-7,9,16H,8H2,1-2H3,(H,17,19);2*1H. The van der Waals surface area contributed by atoms with E-state index >= 15 is 0 Å². The molecule has 116 valence electrons. The molecule has 0 aliphatic carbocycles. The molecule has 2 aromatic rings. The van der Waals surface area contributed by atoms with Gasteiger partial charge in [-0.3, -0.25) is 4.79 Å². The van der Waals surface area contributed by atoms with Gasteiger partial charge in [-0.25, -0.2) is 4.98 Å². The second-order valence-electron chi connectivity index (χ2n) is 4.43. The number of carbonyl (C=O) groups excluding carboxylic acids is 1. The molecule has 0 radical (unpaired) electrons. The molecular weight excluding hydrogens is 333 g/mol. The Morgan fingerprint density at radius 2 is 1.95 bits per heavy atom. The van der Waals surface area contributed by atoms with Crippen LogP contribution in [-0.2, 0) is 0 Å². The fraction of sp³-hybridized carbons (Fsp3) is 0.286. The SMILES string of the molecule is CNC(C)CNC(=O)c1ccc2ccc(Cl)cc2n1.Cl.Cl. The summed E-state index contributed by atoms with van der Waals surface area (Å²) in [5.74, 6) is -0.177. The second kappa shape index (κ2) is 9.05. The van der Waals surface area contributed by atoms with Gasteiger partial charge in [0, 0.05) is 23.0 Å². The van der Waals surface area contributed by atoms with Gasteiger partial charge >= 0.3 is 0 Å². The van der Waals surface area contributed by atoms with Gasteiger partial charge in [-0.1, -0.05) is 23.7 Å². The van der Waals surface area contributed by atoms with E-state index in [9.17, 15) is 4.79 Å². The van der Waals surface area contributed by atoms with E-state index in [4.69, 9.17) is 11.6 Å². The molecule has 2 rings (SSSR count). The summed E-state index contributed by atoms with van der Waals surface area (Å²) < 4.78 is 0. The third kappa shape index (κ3) is 5.32. The molecule has 2 N–H and O–H groups in total. The third-order valence-electron chi connectivity index (χ3n) is 2.95. The summed E-state index contributed by atoms with van der Waals surface area (Å²) in [6.07, 6.45) is 0. The van der Waals surface area contributed by atoms with Gasteiger partial charge in [-0.05, 0) is 32.2 Å². The molecule has 1 heterocycles. The Balaban J connectivity index is 0.00000200. The lowest BCUT2D eigenvalue weighted by Gasteiger charge is -2.11. The zero-order valence-corrected chi connectivity index (χ0v) is 14.1. The van der Waals surface area contributed by atoms with E-state index in [-0.39, 0.29) is 36.8 Å². The van der Waals surface area contributed by atoms with Crippen LogP contribution in [0.25, 0.3) is 10.9 Å². The van der Waals surface area contributed by atoms with Crippen LogP contribution in [0.2, 0.25) is 5.02 Å². The van der Waals surface area contributed by atoms with E-state index in [0.29, 0.717) is 17.3 Å². The lowest BCUT2D eigenvalue weighted by Crippen LogP contribution is -2.37. The number of nitrogens with zero attached hydrogens (tertiary/aromatic N) is 1. The number of halogens is 3. The summed E-state index contributed by atoms with van der Waals surface area (Å²) in [7, 11) is 1.85. The number of likely N-dealkylation sites (N-methyl/N-ethyl adjacent to an activating group) is 1. The number of rotatable bonds is 4. The van der Waals surface area contributed by atoms with Crippen LogP contribution >= 0.6 is 36.4 Å². The largest absolute Gasteiger partial charge is 0.349 e. The van der Waals surface area contributed by atoms with Crippen LogP contribution in [0.1, 0.15) is 17.4 Å². The summed E-state index contributed by atoms with van der Waals surface area (Å²) in [4.78, 5) is 16.3. The van der Waals surface area contributed by atoms with Crippen LogP contribution in [0.5, 0.6) is 0 Å². The summed E-state index contributed by atoms with van der Waals surface area (Å²) in [6, 6.07) is 9.25. The van der Waals surface area contributed by atoms with Gasteiger partial charge in [0.25, 0.3) is 5.91 Å². The van der Waals surface area contributed by atoms with E-state index < -0.39 is 0 Å². The molecule has 0 spiro atoms. The van der Waals surface area contributed by atoms with Crippen molar-refractivity contribution < 1.29 is 4.79 Å². The number of benzene rings is 1.